The summed E-state index contributed by atoms with van der Waals surface area (Å²) >= 11 is 0. The van der Waals surface area contributed by atoms with Crippen molar-refractivity contribution in [2.75, 3.05) is 0 Å². The Kier molecular flexibility index (Phi) is 2.41. The lowest BCUT2D eigenvalue weighted by Crippen LogP contribution is -2.02. The third-order valence-electron chi connectivity index (χ3n) is 2.78. The fourth-order valence-corrected chi connectivity index (χ4v) is 1.89. The number of carbonyl (C=O) groups excluding carboxylic acids is 1. The van der Waals surface area contributed by atoms with E-state index in [4.69, 9.17) is 0 Å². The van der Waals surface area contributed by atoms with Crippen LogP contribution >= 0.6 is 0 Å². The molecule has 0 saturated carbocycles. The van der Waals surface area contributed by atoms with E-state index in [-0.39, 0.29) is 5.78 Å². The van der Waals surface area contributed by atoms with Crippen molar-refractivity contribution in [2.24, 2.45) is 0 Å². The summed E-state index contributed by atoms with van der Waals surface area (Å²) in [6.07, 6.45) is 5.22. The van der Waals surface area contributed by atoms with Crippen molar-refractivity contribution in [2.45, 2.75) is 6.92 Å². The fraction of sp³-hybridized carbons (Fsp3) is 0.0714. The largest absolute Gasteiger partial charge is 0.303 e. The first-order valence-electron chi connectivity index (χ1n) is 5.66. The first-order valence-corrected chi connectivity index (χ1v) is 5.66. The van der Waals surface area contributed by atoms with Gasteiger partial charge in [0, 0.05) is 31.1 Å². The topological polar surface area (TPSA) is 47.3 Å². The molecule has 0 fully saturated rings. The number of hydrogen-bond donors (Lipinski definition) is 0. The molecule has 0 amide bonds. The number of nitrogens with zero attached hydrogens (tertiary/aromatic N) is 3. The second-order valence-electron chi connectivity index (χ2n) is 4.06. The number of ketones is 1. The molecule has 18 heavy (non-hydrogen) atoms. The van der Waals surface area contributed by atoms with Gasteiger partial charge in [-0.2, -0.15) is 0 Å². The molecule has 2 aromatic heterocycles. The number of fused-ring (bicyclic) bond motifs is 1. The summed E-state index contributed by atoms with van der Waals surface area (Å²) in [6.45, 7) is 1.51. The Morgan fingerprint density at radius 1 is 1.22 bits per heavy atom. The second kappa shape index (κ2) is 4.07. The summed E-state index contributed by atoms with van der Waals surface area (Å²) < 4.78 is 1.83. The third-order valence-corrected chi connectivity index (χ3v) is 2.78. The van der Waals surface area contributed by atoms with Gasteiger partial charge in [-0.1, -0.05) is 30.3 Å². The van der Waals surface area contributed by atoms with Crippen LogP contribution in [0.3, 0.4) is 0 Å². The van der Waals surface area contributed by atoms with Gasteiger partial charge >= 0.3 is 0 Å². The van der Waals surface area contributed by atoms with Gasteiger partial charge in [-0.3, -0.25) is 4.79 Å². The van der Waals surface area contributed by atoms with Gasteiger partial charge in [-0.25, -0.2) is 9.97 Å². The molecule has 3 rings (SSSR count). The summed E-state index contributed by atoms with van der Waals surface area (Å²) in [5.74, 6) is -0.0530. The highest BCUT2D eigenvalue weighted by Crippen LogP contribution is 2.21. The number of hydrogen-bond acceptors (Lipinski definition) is 3. The van der Waals surface area contributed by atoms with E-state index >= 15 is 0 Å². The van der Waals surface area contributed by atoms with E-state index < -0.39 is 0 Å². The zero-order valence-electron chi connectivity index (χ0n) is 9.87. The van der Waals surface area contributed by atoms with Crippen LogP contribution in [-0.2, 0) is 0 Å². The first-order chi connectivity index (χ1) is 8.75. The molecular weight excluding hydrogens is 226 g/mol. The van der Waals surface area contributed by atoms with Crippen LogP contribution < -0.4 is 0 Å². The van der Waals surface area contributed by atoms with Crippen LogP contribution in [0.2, 0.25) is 0 Å². The van der Waals surface area contributed by atoms with E-state index in [1.165, 1.54) is 6.92 Å². The number of Topliss-reactive ketones (excluding diaryl/α,β-unsaturated/α-hetero) is 1. The predicted molar refractivity (Wildman–Crippen MR) is 68.4 cm³/mol. The standard InChI is InChI=1S/C14H11N3O/c1-10(18)12-9-17-8-7-15-14(17)13(16-12)11-5-3-2-4-6-11/h2-9H,1H3. The summed E-state index contributed by atoms with van der Waals surface area (Å²) in [7, 11) is 0. The van der Waals surface area contributed by atoms with Gasteiger partial charge in [0.25, 0.3) is 0 Å². The smallest absolute Gasteiger partial charge is 0.179 e. The maximum atomic E-state index is 11.5. The molecule has 4 nitrogen and oxygen atoms in total. The van der Waals surface area contributed by atoms with Gasteiger partial charge in [-0.15, -0.1) is 0 Å². The van der Waals surface area contributed by atoms with Gasteiger partial charge < -0.3 is 4.40 Å². The Morgan fingerprint density at radius 2 is 2.00 bits per heavy atom. The van der Waals surface area contributed by atoms with Gasteiger partial charge in [-0.05, 0) is 0 Å². The number of benzene rings is 1. The monoisotopic (exact) mass is 237 g/mol. The van der Waals surface area contributed by atoms with Crippen LogP contribution in [0.15, 0.2) is 48.9 Å². The second-order valence-corrected chi connectivity index (χ2v) is 4.06. The molecule has 0 aliphatic heterocycles. The Labute approximate surface area is 104 Å². The molecule has 1 aromatic carbocycles. The van der Waals surface area contributed by atoms with Gasteiger partial charge in [0.05, 0.1) is 0 Å². The Balaban J connectivity index is 2.33. The minimum absolute atomic E-state index is 0.0530. The average Bonchev–Trinajstić information content (AvgIpc) is 2.86. The molecule has 3 aromatic rings. The minimum Gasteiger partial charge on any atom is -0.303 e. The average molecular weight is 237 g/mol. The van der Waals surface area contributed by atoms with Crippen molar-refractivity contribution in [3.05, 3.63) is 54.6 Å². The maximum absolute atomic E-state index is 11.5. The molecule has 0 N–H and O–H groups in total. The lowest BCUT2D eigenvalue weighted by molar-refractivity contribution is 0.101. The van der Waals surface area contributed by atoms with Crippen molar-refractivity contribution in [3.8, 4) is 11.3 Å². The van der Waals surface area contributed by atoms with Crippen LogP contribution in [0.4, 0.5) is 0 Å². The minimum atomic E-state index is -0.0530. The zero-order chi connectivity index (χ0) is 12.5. The predicted octanol–water partition coefficient (Wildman–Crippen LogP) is 2.60. The molecule has 0 radical (unpaired) electrons. The molecule has 0 atom stereocenters. The third kappa shape index (κ3) is 1.68. The SMILES string of the molecule is CC(=O)c1cn2ccnc2c(-c2ccccc2)n1. The molecule has 0 bridgehead atoms. The summed E-state index contributed by atoms with van der Waals surface area (Å²) in [5, 5.41) is 0. The lowest BCUT2D eigenvalue weighted by Gasteiger charge is -2.05. The highest BCUT2D eigenvalue weighted by Gasteiger charge is 2.11. The molecule has 0 unspecified atom stereocenters. The van der Waals surface area contributed by atoms with Gasteiger partial charge in [0.2, 0.25) is 0 Å². The quantitative estimate of drug-likeness (QED) is 0.643. The van der Waals surface area contributed by atoms with Crippen LogP contribution in [-0.4, -0.2) is 20.2 Å². The van der Waals surface area contributed by atoms with Crippen LogP contribution in [0, 0.1) is 0 Å². The fourth-order valence-electron chi connectivity index (χ4n) is 1.89. The number of aromatic nitrogens is 3. The van der Waals surface area contributed by atoms with Crippen molar-refractivity contribution < 1.29 is 4.79 Å². The Morgan fingerprint density at radius 3 is 2.72 bits per heavy atom. The van der Waals surface area contributed by atoms with Crippen LogP contribution in [0.1, 0.15) is 17.4 Å². The van der Waals surface area contributed by atoms with E-state index in [2.05, 4.69) is 9.97 Å². The van der Waals surface area contributed by atoms with Gasteiger partial charge in [0.1, 0.15) is 11.4 Å². The van der Waals surface area contributed by atoms with E-state index in [1.54, 1.807) is 12.4 Å². The van der Waals surface area contributed by atoms with E-state index in [1.807, 2.05) is 40.9 Å². The Bertz CT molecular complexity index is 716. The van der Waals surface area contributed by atoms with E-state index in [9.17, 15) is 4.79 Å². The van der Waals surface area contributed by atoms with E-state index in [0.717, 1.165) is 16.9 Å². The summed E-state index contributed by atoms with van der Waals surface area (Å²) in [6, 6.07) is 9.75. The summed E-state index contributed by atoms with van der Waals surface area (Å²) in [5.41, 5.74) is 2.88. The Hall–Kier alpha value is -2.49. The molecule has 0 aliphatic rings. The zero-order valence-corrected chi connectivity index (χ0v) is 9.87. The normalized spacial score (nSPS) is 10.7. The maximum Gasteiger partial charge on any atom is 0.179 e. The molecule has 0 saturated heterocycles. The van der Waals surface area contributed by atoms with Crippen LogP contribution in [0.25, 0.3) is 16.9 Å². The first kappa shape index (κ1) is 10.7. The van der Waals surface area contributed by atoms with Crippen molar-refractivity contribution in [3.63, 3.8) is 0 Å². The number of carbonyl (C=O) groups is 1. The summed E-state index contributed by atoms with van der Waals surface area (Å²) in [4.78, 5) is 20.2. The van der Waals surface area contributed by atoms with Crippen LogP contribution in [0.5, 0.6) is 0 Å². The molecule has 4 heteroatoms. The molecule has 2 heterocycles. The van der Waals surface area contributed by atoms with Crippen molar-refractivity contribution >= 4 is 11.4 Å². The number of imidazole rings is 1. The highest BCUT2D eigenvalue weighted by atomic mass is 16.1. The number of rotatable bonds is 2. The van der Waals surface area contributed by atoms with E-state index in [0.29, 0.717) is 5.69 Å². The molecular formula is C14H11N3O. The lowest BCUT2D eigenvalue weighted by atomic mass is 10.1. The van der Waals surface area contributed by atoms with Crippen molar-refractivity contribution in [1.82, 2.24) is 14.4 Å². The molecule has 0 aliphatic carbocycles. The highest BCUT2D eigenvalue weighted by molar-refractivity contribution is 5.93. The van der Waals surface area contributed by atoms with Gasteiger partial charge in [0.15, 0.2) is 11.4 Å². The molecule has 88 valence electrons. The molecule has 0 spiro atoms. The van der Waals surface area contributed by atoms with Crippen molar-refractivity contribution in [1.29, 1.82) is 0 Å².